The minimum Gasteiger partial charge on any atom is -0.466 e. The summed E-state index contributed by atoms with van der Waals surface area (Å²) in [4.78, 5) is 12.9. The van der Waals surface area contributed by atoms with E-state index < -0.39 is 15.4 Å². The maximum absolute atomic E-state index is 13.2. The Morgan fingerprint density at radius 1 is 1.27 bits per heavy atom. The first kappa shape index (κ1) is 21.7. The Balaban J connectivity index is 1.51. The molecular formula is C22H29NO5S2. The van der Waals surface area contributed by atoms with Crippen LogP contribution in [-0.2, 0) is 24.3 Å². The molecule has 1 unspecified atom stereocenters. The van der Waals surface area contributed by atoms with E-state index >= 15 is 0 Å². The first-order valence-corrected chi connectivity index (χ1v) is 13.0. The standard InChI is InChI=1S/C22H29NO5S2/c1-2-27-21(24)22(16-18-8-5-6-14-28-18)10-12-23(13-11-22)30(25,26)20-15-17-7-3-4-9-19(17)29-20/h3-4,7,9,15,18H,2,5-6,8,10-14,16H2,1H3. The molecule has 2 saturated heterocycles. The third kappa shape index (κ3) is 4.28. The van der Waals surface area contributed by atoms with Gasteiger partial charge < -0.3 is 9.47 Å². The monoisotopic (exact) mass is 451 g/mol. The van der Waals surface area contributed by atoms with Gasteiger partial charge in [0, 0.05) is 24.4 Å². The van der Waals surface area contributed by atoms with Crippen molar-refractivity contribution in [1.82, 2.24) is 4.31 Å². The quantitative estimate of drug-likeness (QED) is 0.616. The summed E-state index contributed by atoms with van der Waals surface area (Å²) in [5.41, 5.74) is -0.663. The summed E-state index contributed by atoms with van der Waals surface area (Å²) in [5.74, 6) is -0.210. The van der Waals surface area contributed by atoms with Gasteiger partial charge in [-0.2, -0.15) is 4.31 Å². The second-order valence-electron chi connectivity index (χ2n) is 8.20. The lowest BCUT2D eigenvalue weighted by Crippen LogP contribution is -2.48. The number of fused-ring (bicyclic) bond motifs is 1. The number of ether oxygens (including phenoxy) is 2. The predicted octanol–water partition coefficient (Wildman–Crippen LogP) is 4.19. The molecule has 2 aliphatic rings. The van der Waals surface area contributed by atoms with E-state index in [0.29, 0.717) is 43.2 Å². The molecule has 0 amide bonds. The van der Waals surface area contributed by atoms with Gasteiger partial charge in [-0.25, -0.2) is 8.42 Å². The first-order chi connectivity index (χ1) is 14.4. The highest BCUT2D eigenvalue weighted by atomic mass is 32.2. The second-order valence-corrected chi connectivity index (χ2v) is 11.4. The van der Waals surface area contributed by atoms with Crippen LogP contribution in [0.2, 0.25) is 0 Å². The number of carbonyl (C=O) groups excluding carboxylic acids is 1. The van der Waals surface area contributed by atoms with Crippen LogP contribution in [-0.4, -0.2) is 51.1 Å². The van der Waals surface area contributed by atoms with Gasteiger partial charge >= 0.3 is 5.97 Å². The Morgan fingerprint density at radius 2 is 2.03 bits per heavy atom. The van der Waals surface area contributed by atoms with Crippen molar-refractivity contribution < 1.29 is 22.7 Å². The number of benzene rings is 1. The van der Waals surface area contributed by atoms with E-state index in [-0.39, 0.29) is 12.1 Å². The van der Waals surface area contributed by atoms with Crippen molar-refractivity contribution in [3.05, 3.63) is 30.3 Å². The molecule has 1 aromatic heterocycles. The van der Waals surface area contributed by atoms with Gasteiger partial charge in [-0.05, 0) is 63.0 Å². The lowest BCUT2D eigenvalue weighted by atomic mass is 9.73. The Bertz CT molecular complexity index is 953. The largest absolute Gasteiger partial charge is 0.466 e. The number of rotatable bonds is 6. The van der Waals surface area contributed by atoms with Crippen molar-refractivity contribution in [3.8, 4) is 0 Å². The Hall–Kier alpha value is -1.48. The zero-order valence-corrected chi connectivity index (χ0v) is 19.0. The van der Waals surface area contributed by atoms with Crippen molar-refractivity contribution in [2.75, 3.05) is 26.3 Å². The molecule has 1 aromatic carbocycles. The summed E-state index contributed by atoms with van der Waals surface area (Å²) in [6, 6.07) is 9.44. The highest BCUT2D eigenvalue weighted by Crippen LogP contribution is 2.42. The van der Waals surface area contributed by atoms with Gasteiger partial charge in [0.05, 0.1) is 18.1 Å². The number of hydrogen-bond donors (Lipinski definition) is 0. The van der Waals surface area contributed by atoms with E-state index in [1.165, 1.54) is 15.6 Å². The van der Waals surface area contributed by atoms with Crippen LogP contribution in [0.25, 0.3) is 10.1 Å². The molecule has 2 aromatic rings. The zero-order chi connectivity index (χ0) is 21.2. The summed E-state index contributed by atoms with van der Waals surface area (Å²) in [7, 11) is -3.58. The number of hydrogen-bond acceptors (Lipinski definition) is 6. The van der Waals surface area contributed by atoms with Gasteiger partial charge in [0.15, 0.2) is 0 Å². The molecule has 30 heavy (non-hydrogen) atoms. The van der Waals surface area contributed by atoms with Crippen LogP contribution in [0.1, 0.15) is 45.4 Å². The fourth-order valence-electron chi connectivity index (χ4n) is 4.55. The molecular weight excluding hydrogens is 422 g/mol. The highest BCUT2D eigenvalue weighted by Gasteiger charge is 2.46. The number of carbonyl (C=O) groups is 1. The summed E-state index contributed by atoms with van der Waals surface area (Å²) >= 11 is 1.30. The molecule has 0 bridgehead atoms. The van der Waals surface area contributed by atoms with Crippen molar-refractivity contribution >= 4 is 37.4 Å². The van der Waals surface area contributed by atoms with E-state index in [4.69, 9.17) is 9.47 Å². The molecule has 0 spiro atoms. The van der Waals surface area contributed by atoms with E-state index in [1.807, 2.05) is 31.2 Å². The number of esters is 1. The minimum atomic E-state index is -3.58. The summed E-state index contributed by atoms with van der Waals surface area (Å²) in [6.07, 6.45) is 4.72. The molecule has 6 nitrogen and oxygen atoms in total. The molecule has 2 aliphatic heterocycles. The fraction of sp³-hybridized carbons (Fsp3) is 0.591. The SMILES string of the molecule is CCOC(=O)C1(CC2CCCCO2)CCN(S(=O)(=O)c2cc3ccccc3s2)CC1. The summed E-state index contributed by atoms with van der Waals surface area (Å²) in [6.45, 7) is 3.51. The fourth-order valence-corrected chi connectivity index (χ4v) is 7.54. The van der Waals surface area contributed by atoms with Crippen LogP contribution in [0.3, 0.4) is 0 Å². The van der Waals surface area contributed by atoms with Crippen molar-refractivity contribution in [1.29, 1.82) is 0 Å². The van der Waals surface area contributed by atoms with Gasteiger partial charge in [-0.3, -0.25) is 4.79 Å². The Morgan fingerprint density at radius 3 is 2.70 bits per heavy atom. The smallest absolute Gasteiger partial charge is 0.312 e. The average Bonchev–Trinajstić information content (AvgIpc) is 3.20. The lowest BCUT2D eigenvalue weighted by molar-refractivity contribution is -0.162. The topological polar surface area (TPSA) is 72.9 Å². The molecule has 1 atom stereocenters. The maximum atomic E-state index is 13.2. The molecule has 0 saturated carbocycles. The van der Waals surface area contributed by atoms with Gasteiger partial charge in [-0.1, -0.05) is 18.2 Å². The molecule has 0 aliphatic carbocycles. The van der Waals surface area contributed by atoms with Crippen LogP contribution < -0.4 is 0 Å². The first-order valence-electron chi connectivity index (χ1n) is 10.7. The van der Waals surface area contributed by atoms with Gasteiger partial charge in [0.2, 0.25) is 0 Å². The normalized spacial score (nSPS) is 22.8. The van der Waals surface area contributed by atoms with E-state index in [9.17, 15) is 13.2 Å². The zero-order valence-electron chi connectivity index (χ0n) is 17.3. The molecule has 2 fully saturated rings. The molecule has 164 valence electrons. The molecule has 3 heterocycles. The third-order valence-corrected chi connectivity index (χ3v) is 9.74. The third-order valence-electron chi connectivity index (χ3n) is 6.28. The Labute approximate surface area is 182 Å². The number of thiophene rings is 1. The molecule has 8 heteroatoms. The Kier molecular flexibility index (Phi) is 6.48. The van der Waals surface area contributed by atoms with E-state index in [1.54, 1.807) is 6.07 Å². The van der Waals surface area contributed by atoms with Crippen LogP contribution in [0, 0.1) is 5.41 Å². The summed E-state index contributed by atoms with van der Waals surface area (Å²) < 4.78 is 40.7. The minimum absolute atomic E-state index is 0.0499. The number of piperidine rings is 1. The van der Waals surface area contributed by atoms with Crippen LogP contribution in [0.15, 0.2) is 34.5 Å². The van der Waals surface area contributed by atoms with Crippen LogP contribution >= 0.6 is 11.3 Å². The molecule has 4 rings (SSSR count). The van der Waals surface area contributed by atoms with Crippen LogP contribution in [0.5, 0.6) is 0 Å². The van der Waals surface area contributed by atoms with E-state index in [2.05, 4.69) is 0 Å². The maximum Gasteiger partial charge on any atom is 0.312 e. The van der Waals surface area contributed by atoms with E-state index in [0.717, 1.165) is 36.0 Å². The van der Waals surface area contributed by atoms with Gasteiger partial charge in [0.1, 0.15) is 4.21 Å². The number of nitrogens with zero attached hydrogens (tertiary/aromatic N) is 1. The highest BCUT2D eigenvalue weighted by molar-refractivity contribution is 7.91. The van der Waals surface area contributed by atoms with Crippen molar-refractivity contribution in [2.45, 2.75) is 55.8 Å². The molecule has 0 radical (unpaired) electrons. The lowest BCUT2D eigenvalue weighted by Gasteiger charge is -2.41. The van der Waals surface area contributed by atoms with Gasteiger partial charge in [0.25, 0.3) is 10.0 Å². The predicted molar refractivity (Wildman–Crippen MR) is 117 cm³/mol. The van der Waals surface area contributed by atoms with Crippen LogP contribution in [0.4, 0.5) is 0 Å². The second kappa shape index (κ2) is 8.94. The molecule has 0 N–H and O–H groups in total. The van der Waals surface area contributed by atoms with Gasteiger partial charge in [-0.15, -0.1) is 11.3 Å². The number of sulfonamides is 1. The average molecular weight is 452 g/mol. The van der Waals surface area contributed by atoms with Crippen molar-refractivity contribution in [3.63, 3.8) is 0 Å². The van der Waals surface area contributed by atoms with Crippen molar-refractivity contribution in [2.24, 2.45) is 5.41 Å². The summed E-state index contributed by atoms with van der Waals surface area (Å²) in [5, 5.41) is 0.938.